The van der Waals surface area contributed by atoms with Crippen molar-refractivity contribution >= 4 is 6.09 Å². The van der Waals surface area contributed by atoms with Crippen LogP contribution in [-0.4, -0.2) is 31.4 Å². The van der Waals surface area contributed by atoms with Gasteiger partial charge in [-0.15, -0.1) is 0 Å². The lowest BCUT2D eigenvalue weighted by molar-refractivity contribution is 0.0501. The Morgan fingerprint density at radius 2 is 2.13 bits per heavy atom. The Kier molecular flexibility index (Phi) is 6.11. The van der Waals surface area contributed by atoms with Crippen molar-refractivity contribution in [2.75, 3.05) is 0 Å². The summed E-state index contributed by atoms with van der Waals surface area (Å²) in [5.41, 5.74) is 2.09. The number of rotatable bonds is 5. The predicted octanol–water partition coefficient (Wildman–Crippen LogP) is 3.94. The van der Waals surface area contributed by atoms with Crippen LogP contribution >= 0.6 is 0 Å². The molecule has 0 fully saturated rings. The molecule has 0 bridgehead atoms. The fourth-order valence-electron chi connectivity index (χ4n) is 3.04. The third kappa shape index (κ3) is 5.48. The summed E-state index contributed by atoms with van der Waals surface area (Å²) in [4.78, 5) is 20.0. The lowest BCUT2D eigenvalue weighted by atomic mass is 10.1. The molecule has 0 aliphatic rings. The van der Waals surface area contributed by atoms with E-state index in [9.17, 15) is 9.18 Å². The fourth-order valence-corrected chi connectivity index (χ4v) is 3.04. The Bertz CT molecular complexity index is 1120. The van der Waals surface area contributed by atoms with E-state index in [1.54, 1.807) is 43.8 Å². The van der Waals surface area contributed by atoms with Crippen molar-refractivity contribution in [1.82, 2.24) is 25.1 Å². The number of imidazole rings is 1. The van der Waals surface area contributed by atoms with Gasteiger partial charge in [-0.25, -0.2) is 14.2 Å². The standard InChI is InChI=1S/C22H25FN6O2/c1-13-8-16(28-29(13)5)10-18(27-21(30)31-22(2,3)4)20-25-12-19(26-20)14-6-7-15(11-24)17(23)9-14/h6-9,12,18H,10H2,1-5H3,(H,25,26)(H,27,30)/t18-/m0/s1. The monoisotopic (exact) mass is 424 g/mol. The van der Waals surface area contributed by atoms with E-state index in [-0.39, 0.29) is 5.56 Å². The first kappa shape index (κ1) is 22.0. The van der Waals surface area contributed by atoms with Gasteiger partial charge in [0.1, 0.15) is 23.3 Å². The number of alkyl carbamates (subject to hydrolysis) is 1. The van der Waals surface area contributed by atoms with Gasteiger partial charge < -0.3 is 15.0 Å². The average molecular weight is 424 g/mol. The van der Waals surface area contributed by atoms with Crippen molar-refractivity contribution in [2.45, 2.75) is 45.8 Å². The molecule has 0 saturated carbocycles. The van der Waals surface area contributed by atoms with E-state index >= 15 is 0 Å². The number of ether oxygens (including phenoxy) is 1. The zero-order valence-corrected chi connectivity index (χ0v) is 18.2. The first-order chi connectivity index (χ1) is 14.6. The molecule has 1 aromatic carbocycles. The molecule has 0 radical (unpaired) electrons. The molecule has 3 aromatic rings. The predicted molar refractivity (Wildman–Crippen MR) is 112 cm³/mol. The number of aryl methyl sites for hydroxylation is 2. The molecular formula is C22H25FN6O2. The van der Waals surface area contributed by atoms with Crippen molar-refractivity contribution in [2.24, 2.45) is 7.05 Å². The van der Waals surface area contributed by atoms with Gasteiger partial charge >= 0.3 is 6.09 Å². The van der Waals surface area contributed by atoms with Gasteiger partial charge in [0.2, 0.25) is 0 Å². The molecular weight excluding hydrogens is 399 g/mol. The first-order valence-electron chi connectivity index (χ1n) is 9.80. The van der Waals surface area contributed by atoms with Crippen LogP contribution in [0.4, 0.5) is 9.18 Å². The molecule has 0 unspecified atom stereocenters. The summed E-state index contributed by atoms with van der Waals surface area (Å²) in [7, 11) is 1.85. The second-order valence-corrected chi connectivity index (χ2v) is 8.28. The number of nitrogens with zero attached hydrogens (tertiary/aromatic N) is 4. The number of aromatic amines is 1. The summed E-state index contributed by atoms with van der Waals surface area (Å²) >= 11 is 0. The summed E-state index contributed by atoms with van der Waals surface area (Å²) in [5.74, 6) is -0.133. The summed E-state index contributed by atoms with van der Waals surface area (Å²) in [6.07, 6.45) is 1.44. The van der Waals surface area contributed by atoms with Crippen molar-refractivity contribution in [1.29, 1.82) is 5.26 Å². The lowest BCUT2D eigenvalue weighted by Gasteiger charge is -2.22. The van der Waals surface area contributed by atoms with Crippen molar-refractivity contribution < 1.29 is 13.9 Å². The highest BCUT2D eigenvalue weighted by molar-refractivity contribution is 5.68. The van der Waals surface area contributed by atoms with Crippen molar-refractivity contribution in [3.05, 3.63) is 59.1 Å². The molecule has 1 amide bonds. The molecule has 2 heterocycles. The van der Waals surface area contributed by atoms with Crippen LogP contribution in [0.3, 0.4) is 0 Å². The van der Waals surface area contributed by atoms with E-state index < -0.39 is 23.6 Å². The number of carbonyl (C=O) groups excluding carboxylic acids is 1. The Hall–Kier alpha value is -3.67. The first-order valence-corrected chi connectivity index (χ1v) is 9.80. The highest BCUT2D eigenvalue weighted by Crippen LogP contribution is 2.24. The molecule has 2 aromatic heterocycles. The van der Waals surface area contributed by atoms with Crippen LogP contribution in [-0.2, 0) is 18.2 Å². The molecule has 1 atom stereocenters. The number of carbonyl (C=O) groups is 1. The number of amides is 1. The molecule has 31 heavy (non-hydrogen) atoms. The molecule has 9 heteroatoms. The Morgan fingerprint density at radius 1 is 1.39 bits per heavy atom. The fraction of sp³-hybridized carbons (Fsp3) is 0.364. The van der Waals surface area contributed by atoms with Gasteiger partial charge in [0.15, 0.2) is 0 Å². The van der Waals surface area contributed by atoms with Crippen LogP contribution in [0, 0.1) is 24.1 Å². The van der Waals surface area contributed by atoms with Gasteiger partial charge in [0.25, 0.3) is 0 Å². The number of hydrogen-bond acceptors (Lipinski definition) is 5. The number of nitriles is 1. The minimum atomic E-state index is -0.648. The van der Waals surface area contributed by atoms with Crippen molar-refractivity contribution in [3.63, 3.8) is 0 Å². The molecule has 3 rings (SSSR count). The average Bonchev–Trinajstić information content (AvgIpc) is 3.27. The molecule has 0 aliphatic carbocycles. The second-order valence-electron chi connectivity index (χ2n) is 8.28. The second kappa shape index (κ2) is 8.60. The SMILES string of the molecule is Cc1cc(C[C@H](NC(=O)OC(C)(C)C)c2nc(-c3ccc(C#N)c(F)c3)c[nH]2)nn1C. The molecule has 2 N–H and O–H groups in total. The number of benzene rings is 1. The van der Waals surface area contributed by atoms with Crippen LogP contribution in [0.25, 0.3) is 11.3 Å². The van der Waals surface area contributed by atoms with Gasteiger partial charge in [-0.1, -0.05) is 6.07 Å². The maximum absolute atomic E-state index is 14.0. The van der Waals surface area contributed by atoms with E-state index in [0.717, 1.165) is 11.4 Å². The maximum Gasteiger partial charge on any atom is 0.408 e. The van der Waals surface area contributed by atoms with Gasteiger partial charge in [0.05, 0.1) is 23.0 Å². The molecule has 8 nitrogen and oxygen atoms in total. The quantitative estimate of drug-likeness (QED) is 0.645. The highest BCUT2D eigenvalue weighted by Gasteiger charge is 2.24. The van der Waals surface area contributed by atoms with Crippen LogP contribution in [0.2, 0.25) is 0 Å². The van der Waals surface area contributed by atoms with Crippen molar-refractivity contribution in [3.8, 4) is 17.3 Å². The minimum absolute atomic E-state index is 0.0329. The van der Waals surface area contributed by atoms with Crippen LogP contribution < -0.4 is 5.32 Å². The third-order valence-corrected chi connectivity index (χ3v) is 4.58. The molecule has 0 spiro atoms. The van der Waals surface area contributed by atoms with Crippen LogP contribution in [0.5, 0.6) is 0 Å². The van der Waals surface area contributed by atoms with Crippen LogP contribution in [0.1, 0.15) is 49.6 Å². The van der Waals surface area contributed by atoms with E-state index in [1.165, 1.54) is 12.1 Å². The topological polar surface area (TPSA) is 109 Å². The highest BCUT2D eigenvalue weighted by atomic mass is 19.1. The number of hydrogen-bond donors (Lipinski definition) is 2. The lowest BCUT2D eigenvalue weighted by Crippen LogP contribution is -2.36. The Balaban J connectivity index is 1.89. The van der Waals surface area contributed by atoms with E-state index in [4.69, 9.17) is 10.00 Å². The normalized spacial score (nSPS) is 12.3. The Labute approximate surface area is 180 Å². The smallest absolute Gasteiger partial charge is 0.408 e. The summed E-state index contributed by atoms with van der Waals surface area (Å²) in [6, 6.07) is 7.49. The van der Waals surface area contributed by atoms with E-state index in [0.29, 0.717) is 23.5 Å². The van der Waals surface area contributed by atoms with Gasteiger partial charge in [0, 0.05) is 30.9 Å². The van der Waals surface area contributed by atoms with Gasteiger partial charge in [-0.2, -0.15) is 10.4 Å². The van der Waals surface area contributed by atoms with Gasteiger partial charge in [-0.3, -0.25) is 4.68 Å². The maximum atomic E-state index is 14.0. The molecule has 0 aliphatic heterocycles. The number of H-pyrrole nitrogens is 1. The summed E-state index contributed by atoms with van der Waals surface area (Å²) < 4.78 is 21.2. The largest absolute Gasteiger partial charge is 0.444 e. The number of halogens is 1. The number of nitrogens with one attached hydrogen (secondary N) is 2. The van der Waals surface area contributed by atoms with Gasteiger partial charge in [-0.05, 0) is 45.9 Å². The molecule has 0 saturated heterocycles. The Morgan fingerprint density at radius 3 is 2.71 bits per heavy atom. The zero-order chi connectivity index (χ0) is 22.8. The van der Waals surface area contributed by atoms with E-state index in [1.807, 2.05) is 20.0 Å². The summed E-state index contributed by atoms with van der Waals surface area (Å²) in [5, 5.41) is 16.2. The van der Waals surface area contributed by atoms with Crippen LogP contribution in [0.15, 0.2) is 30.5 Å². The number of aromatic nitrogens is 4. The van der Waals surface area contributed by atoms with E-state index in [2.05, 4.69) is 20.4 Å². The molecule has 162 valence electrons. The zero-order valence-electron chi connectivity index (χ0n) is 18.2. The third-order valence-electron chi connectivity index (χ3n) is 4.58. The summed E-state index contributed by atoms with van der Waals surface area (Å²) in [6.45, 7) is 7.30. The minimum Gasteiger partial charge on any atom is -0.444 e.